The van der Waals surface area contributed by atoms with E-state index in [0.29, 0.717) is 34.7 Å². The first kappa shape index (κ1) is 24.8. The van der Waals surface area contributed by atoms with Gasteiger partial charge in [-0.05, 0) is 26.0 Å². The highest BCUT2D eigenvalue weighted by Gasteiger charge is 2.71. The number of hydrogen-bond acceptors (Lipinski definition) is 7. The SMILES string of the molecule is CCOc1ccccc1[C@@H]1[C@@H](C(C)=O)N2c3c(cccc3OC(C)=O)C=C[C@@H]2C12C(=O)c1ccccc1C2=O. The highest BCUT2D eigenvalue weighted by molar-refractivity contribution is 6.32. The standard InChI is InChI=1S/C32H27NO6/c1-4-38-24-14-8-7-13-23(24)27-28(18(2)34)33-26(17-16-20-10-9-15-25(29(20)33)39-19(3)35)32(27)30(36)21-11-5-6-12-22(21)31(32)37/h5-17,26-28H,4H2,1-3H3/t26-,27-,28-/m1/s1. The monoisotopic (exact) mass is 521 g/mol. The van der Waals surface area contributed by atoms with Crippen molar-refractivity contribution in [1.29, 1.82) is 0 Å². The first-order valence-electron chi connectivity index (χ1n) is 13.0. The molecule has 1 spiro atoms. The highest BCUT2D eigenvalue weighted by Crippen LogP contribution is 2.62. The number of benzene rings is 3. The van der Waals surface area contributed by atoms with Crippen molar-refractivity contribution in [3.63, 3.8) is 0 Å². The maximum Gasteiger partial charge on any atom is 0.308 e. The third-order valence-electron chi connectivity index (χ3n) is 8.01. The van der Waals surface area contributed by atoms with Crippen LogP contribution in [0, 0.1) is 5.41 Å². The summed E-state index contributed by atoms with van der Waals surface area (Å²) in [4.78, 5) is 56.7. The summed E-state index contributed by atoms with van der Waals surface area (Å²) in [5.74, 6) is -1.46. The maximum absolute atomic E-state index is 14.6. The van der Waals surface area contributed by atoms with E-state index in [1.54, 1.807) is 42.5 Å². The lowest BCUT2D eigenvalue weighted by atomic mass is 9.64. The Kier molecular flexibility index (Phi) is 5.75. The van der Waals surface area contributed by atoms with E-state index in [1.807, 2.05) is 48.2 Å². The van der Waals surface area contributed by atoms with Gasteiger partial charge in [0.1, 0.15) is 11.2 Å². The second-order valence-electron chi connectivity index (χ2n) is 10.1. The number of esters is 1. The number of para-hydroxylation sites is 2. The summed E-state index contributed by atoms with van der Waals surface area (Å²) in [5, 5.41) is 0. The maximum atomic E-state index is 14.6. The van der Waals surface area contributed by atoms with Crippen LogP contribution in [0.15, 0.2) is 72.8 Å². The second kappa shape index (κ2) is 9.05. The molecule has 0 N–H and O–H groups in total. The third kappa shape index (κ3) is 3.35. The zero-order chi connectivity index (χ0) is 27.5. The second-order valence-corrected chi connectivity index (χ2v) is 10.1. The molecule has 0 saturated carbocycles. The van der Waals surface area contributed by atoms with Gasteiger partial charge in [-0.2, -0.15) is 0 Å². The van der Waals surface area contributed by atoms with Gasteiger partial charge in [0.15, 0.2) is 23.1 Å². The fourth-order valence-electron chi connectivity index (χ4n) is 6.74. The fraction of sp³-hybridized carbons (Fsp3) is 0.250. The van der Waals surface area contributed by atoms with Gasteiger partial charge in [-0.3, -0.25) is 19.2 Å². The van der Waals surface area contributed by atoms with Crippen LogP contribution in [0.5, 0.6) is 11.5 Å². The lowest BCUT2D eigenvalue weighted by Gasteiger charge is -2.37. The topological polar surface area (TPSA) is 90.0 Å². The predicted molar refractivity (Wildman–Crippen MR) is 145 cm³/mol. The number of fused-ring (bicyclic) bond motifs is 5. The lowest BCUT2D eigenvalue weighted by molar-refractivity contribution is -0.131. The van der Waals surface area contributed by atoms with Crippen LogP contribution in [0.4, 0.5) is 5.69 Å². The van der Waals surface area contributed by atoms with Crippen molar-refractivity contribution in [1.82, 2.24) is 0 Å². The highest BCUT2D eigenvalue weighted by atomic mass is 16.5. The van der Waals surface area contributed by atoms with Crippen LogP contribution in [-0.2, 0) is 9.59 Å². The van der Waals surface area contributed by atoms with E-state index in [4.69, 9.17) is 9.47 Å². The number of hydrogen-bond donors (Lipinski definition) is 0. The van der Waals surface area contributed by atoms with Gasteiger partial charge in [-0.15, -0.1) is 0 Å². The van der Waals surface area contributed by atoms with E-state index in [1.165, 1.54) is 13.8 Å². The number of anilines is 1. The number of nitrogens with zero attached hydrogens (tertiary/aromatic N) is 1. The number of ketones is 3. The molecule has 3 aromatic carbocycles. The van der Waals surface area contributed by atoms with Gasteiger partial charge in [0.05, 0.1) is 24.4 Å². The number of Topliss-reactive ketones (excluding diaryl/α,β-unsaturated/α-hetero) is 3. The van der Waals surface area contributed by atoms with Crippen LogP contribution < -0.4 is 14.4 Å². The minimum absolute atomic E-state index is 0.219. The Morgan fingerprint density at radius 3 is 2.15 bits per heavy atom. The van der Waals surface area contributed by atoms with Gasteiger partial charge < -0.3 is 14.4 Å². The van der Waals surface area contributed by atoms with E-state index in [-0.39, 0.29) is 23.1 Å². The van der Waals surface area contributed by atoms with Gasteiger partial charge in [-0.25, -0.2) is 0 Å². The Balaban J connectivity index is 1.70. The largest absolute Gasteiger partial charge is 0.494 e. The van der Waals surface area contributed by atoms with Crippen LogP contribution in [0.25, 0.3) is 6.08 Å². The van der Waals surface area contributed by atoms with Crippen molar-refractivity contribution >= 4 is 35.1 Å². The minimum Gasteiger partial charge on any atom is -0.494 e. The molecule has 1 saturated heterocycles. The summed E-state index contributed by atoms with van der Waals surface area (Å²) in [7, 11) is 0. The molecule has 196 valence electrons. The summed E-state index contributed by atoms with van der Waals surface area (Å²) in [5.41, 5.74) is 0.901. The molecule has 3 aromatic rings. The molecule has 39 heavy (non-hydrogen) atoms. The van der Waals surface area contributed by atoms with Gasteiger partial charge in [0, 0.05) is 35.1 Å². The smallest absolute Gasteiger partial charge is 0.308 e. The van der Waals surface area contributed by atoms with E-state index in [0.717, 1.165) is 5.56 Å². The Labute approximate surface area is 226 Å². The minimum atomic E-state index is -1.63. The molecule has 0 aromatic heterocycles. The van der Waals surface area contributed by atoms with E-state index in [2.05, 4.69) is 0 Å². The normalized spacial score (nSPS) is 21.9. The molecular formula is C32H27NO6. The molecule has 0 bridgehead atoms. The van der Waals surface area contributed by atoms with Crippen molar-refractivity contribution in [3.8, 4) is 11.5 Å². The molecule has 3 aliphatic rings. The zero-order valence-electron chi connectivity index (χ0n) is 21.8. The van der Waals surface area contributed by atoms with Gasteiger partial charge in [0.25, 0.3) is 0 Å². The zero-order valence-corrected chi connectivity index (χ0v) is 21.8. The number of ether oxygens (including phenoxy) is 2. The van der Waals surface area contributed by atoms with Crippen LogP contribution in [0.3, 0.4) is 0 Å². The Bertz CT molecular complexity index is 1550. The summed E-state index contributed by atoms with van der Waals surface area (Å²) in [6, 6.07) is 17.7. The Morgan fingerprint density at radius 1 is 0.872 bits per heavy atom. The van der Waals surface area contributed by atoms with Crippen molar-refractivity contribution < 1.29 is 28.7 Å². The van der Waals surface area contributed by atoms with Crippen molar-refractivity contribution in [2.45, 2.75) is 38.8 Å². The van der Waals surface area contributed by atoms with E-state index < -0.39 is 29.4 Å². The number of carbonyl (C=O) groups excluding carboxylic acids is 4. The first-order chi connectivity index (χ1) is 18.8. The summed E-state index contributed by atoms with van der Waals surface area (Å²) in [6.07, 6.45) is 3.67. The average Bonchev–Trinajstić information content (AvgIpc) is 3.35. The first-order valence-corrected chi connectivity index (χ1v) is 13.0. The van der Waals surface area contributed by atoms with Gasteiger partial charge >= 0.3 is 5.97 Å². The van der Waals surface area contributed by atoms with Crippen molar-refractivity contribution in [3.05, 3.63) is 95.1 Å². The molecule has 7 nitrogen and oxygen atoms in total. The Hall–Kier alpha value is -4.52. The molecule has 2 aliphatic heterocycles. The number of rotatable bonds is 5. The number of carbonyl (C=O) groups is 4. The van der Waals surface area contributed by atoms with E-state index in [9.17, 15) is 19.2 Å². The predicted octanol–water partition coefficient (Wildman–Crippen LogP) is 5.03. The van der Waals surface area contributed by atoms with Gasteiger partial charge in [-0.1, -0.05) is 66.7 Å². The van der Waals surface area contributed by atoms with Crippen LogP contribution in [0.1, 0.15) is 58.5 Å². The third-order valence-corrected chi connectivity index (χ3v) is 8.01. The van der Waals surface area contributed by atoms with Crippen molar-refractivity contribution in [2.75, 3.05) is 11.5 Å². The Morgan fingerprint density at radius 2 is 1.51 bits per heavy atom. The molecule has 3 atom stereocenters. The lowest BCUT2D eigenvalue weighted by Crippen LogP contribution is -2.48. The quantitative estimate of drug-likeness (QED) is 0.264. The van der Waals surface area contributed by atoms with Crippen LogP contribution in [0.2, 0.25) is 0 Å². The van der Waals surface area contributed by atoms with Crippen LogP contribution >= 0.6 is 0 Å². The molecule has 2 heterocycles. The van der Waals surface area contributed by atoms with Gasteiger partial charge in [0.2, 0.25) is 0 Å². The molecule has 0 radical (unpaired) electrons. The summed E-state index contributed by atoms with van der Waals surface area (Å²) < 4.78 is 11.6. The summed E-state index contributed by atoms with van der Waals surface area (Å²) in [6.45, 7) is 5.01. The molecule has 6 rings (SSSR count). The fourth-order valence-corrected chi connectivity index (χ4v) is 6.74. The van der Waals surface area contributed by atoms with Crippen LogP contribution in [-0.4, -0.2) is 42.0 Å². The molecule has 1 fully saturated rings. The molecule has 1 aliphatic carbocycles. The molecular weight excluding hydrogens is 494 g/mol. The van der Waals surface area contributed by atoms with Crippen molar-refractivity contribution in [2.24, 2.45) is 5.41 Å². The average molecular weight is 522 g/mol. The summed E-state index contributed by atoms with van der Waals surface area (Å²) >= 11 is 0. The van der Waals surface area contributed by atoms with E-state index >= 15 is 0 Å². The molecule has 7 heteroatoms. The molecule has 0 unspecified atom stereocenters. The molecule has 0 amide bonds.